The van der Waals surface area contributed by atoms with E-state index in [-0.39, 0.29) is 24.6 Å². The molecule has 0 spiro atoms. The van der Waals surface area contributed by atoms with E-state index in [1.54, 1.807) is 18.2 Å². The molecule has 0 saturated heterocycles. The lowest BCUT2D eigenvalue weighted by Gasteiger charge is -2.19. The smallest absolute Gasteiger partial charge is 0.319 e. The molecule has 0 aliphatic rings. The van der Waals surface area contributed by atoms with Crippen molar-refractivity contribution in [3.63, 3.8) is 0 Å². The fourth-order valence-corrected chi connectivity index (χ4v) is 1.60. The predicted octanol–water partition coefficient (Wildman–Crippen LogP) is 3.13. The van der Waals surface area contributed by atoms with Gasteiger partial charge in [-0.05, 0) is 31.0 Å². The highest BCUT2D eigenvalue weighted by Gasteiger charge is 2.14. The molecule has 0 aliphatic carbocycles. The Morgan fingerprint density at radius 3 is 2.67 bits per heavy atom. The highest BCUT2D eigenvalue weighted by Crippen LogP contribution is 2.25. The minimum Gasteiger partial charge on any atom is -0.396 e. The number of hydrogen-bond acceptors (Lipinski definition) is 2. The number of aliphatic hydroxyl groups is 1. The van der Waals surface area contributed by atoms with Crippen LogP contribution < -0.4 is 10.6 Å². The summed E-state index contributed by atoms with van der Waals surface area (Å²) in [6.45, 7) is 3.68. The molecule has 18 heavy (non-hydrogen) atoms. The van der Waals surface area contributed by atoms with Crippen molar-refractivity contribution in [2.45, 2.75) is 19.9 Å². The number of rotatable bonds is 4. The molecule has 4 nitrogen and oxygen atoms in total. The highest BCUT2D eigenvalue weighted by molar-refractivity contribution is 6.35. The van der Waals surface area contributed by atoms with E-state index in [1.165, 1.54) is 0 Å². The number of hydrogen-bond donors (Lipinski definition) is 3. The van der Waals surface area contributed by atoms with Gasteiger partial charge in [0, 0.05) is 17.7 Å². The van der Waals surface area contributed by atoms with Gasteiger partial charge in [-0.3, -0.25) is 0 Å². The Morgan fingerprint density at radius 2 is 2.06 bits per heavy atom. The number of carbonyl (C=O) groups is 1. The van der Waals surface area contributed by atoms with Crippen molar-refractivity contribution in [2.24, 2.45) is 5.92 Å². The number of halogens is 2. The van der Waals surface area contributed by atoms with Gasteiger partial charge in [-0.25, -0.2) is 4.79 Å². The summed E-state index contributed by atoms with van der Waals surface area (Å²) < 4.78 is 0. The standard InChI is InChI=1S/C12H16Cl2N2O2/c1-7(6-17)8(2)15-12(18)16-11-5-9(13)3-4-10(11)14/h3-5,7-8,17H,6H2,1-2H3,(H2,15,16,18). The fraction of sp³-hybridized carbons (Fsp3) is 0.417. The zero-order valence-corrected chi connectivity index (χ0v) is 11.7. The number of benzene rings is 1. The maximum absolute atomic E-state index is 11.7. The molecule has 0 fully saturated rings. The summed E-state index contributed by atoms with van der Waals surface area (Å²) >= 11 is 11.7. The van der Waals surface area contributed by atoms with E-state index in [0.717, 1.165) is 0 Å². The minimum atomic E-state index is -0.382. The molecular weight excluding hydrogens is 275 g/mol. The Bertz CT molecular complexity index is 427. The highest BCUT2D eigenvalue weighted by atomic mass is 35.5. The maximum Gasteiger partial charge on any atom is 0.319 e. The first-order valence-electron chi connectivity index (χ1n) is 5.57. The molecule has 2 amide bonds. The van der Waals surface area contributed by atoms with Gasteiger partial charge in [0.15, 0.2) is 0 Å². The predicted molar refractivity (Wildman–Crippen MR) is 74.3 cm³/mol. The van der Waals surface area contributed by atoms with E-state index in [2.05, 4.69) is 10.6 Å². The number of urea groups is 1. The third kappa shape index (κ3) is 4.37. The van der Waals surface area contributed by atoms with Gasteiger partial charge in [0.05, 0.1) is 10.7 Å². The van der Waals surface area contributed by atoms with Crippen LogP contribution in [-0.2, 0) is 0 Å². The van der Waals surface area contributed by atoms with E-state index in [0.29, 0.717) is 15.7 Å². The number of aliphatic hydroxyl groups excluding tert-OH is 1. The van der Waals surface area contributed by atoms with Crippen LogP contribution in [0.4, 0.5) is 10.5 Å². The zero-order valence-electron chi connectivity index (χ0n) is 10.2. The van der Waals surface area contributed by atoms with Crippen molar-refractivity contribution < 1.29 is 9.90 Å². The van der Waals surface area contributed by atoms with Crippen LogP contribution in [0, 0.1) is 5.92 Å². The third-order valence-corrected chi connectivity index (χ3v) is 3.24. The lowest BCUT2D eigenvalue weighted by molar-refractivity contribution is 0.204. The largest absolute Gasteiger partial charge is 0.396 e. The summed E-state index contributed by atoms with van der Waals surface area (Å²) in [5.74, 6) is -0.0226. The molecule has 1 rings (SSSR count). The molecule has 0 radical (unpaired) electrons. The Labute approximate surface area is 116 Å². The quantitative estimate of drug-likeness (QED) is 0.798. The Kier molecular flexibility index (Phi) is 5.72. The number of nitrogens with one attached hydrogen (secondary N) is 2. The molecule has 3 N–H and O–H groups in total. The van der Waals surface area contributed by atoms with Crippen LogP contribution >= 0.6 is 23.2 Å². The lowest BCUT2D eigenvalue weighted by Crippen LogP contribution is -2.40. The average molecular weight is 291 g/mol. The summed E-state index contributed by atoms with van der Waals surface area (Å²) in [5, 5.41) is 15.2. The van der Waals surface area contributed by atoms with Gasteiger partial charge < -0.3 is 15.7 Å². The molecule has 0 bridgehead atoms. The van der Waals surface area contributed by atoms with E-state index < -0.39 is 0 Å². The molecule has 0 aliphatic heterocycles. The second-order valence-corrected chi connectivity index (χ2v) is 5.01. The third-order valence-electron chi connectivity index (χ3n) is 2.68. The Morgan fingerprint density at radius 1 is 1.39 bits per heavy atom. The molecule has 100 valence electrons. The molecule has 2 unspecified atom stereocenters. The fourth-order valence-electron chi connectivity index (χ4n) is 1.26. The van der Waals surface area contributed by atoms with Crippen LogP contribution in [0.3, 0.4) is 0 Å². The normalized spacial score (nSPS) is 13.8. The van der Waals surface area contributed by atoms with Gasteiger partial charge in [0.1, 0.15) is 0 Å². The monoisotopic (exact) mass is 290 g/mol. The van der Waals surface area contributed by atoms with Crippen LogP contribution in [0.2, 0.25) is 10.0 Å². The maximum atomic E-state index is 11.7. The molecule has 1 aromatic rings. The molecule has 0 heterocycles. The van der Waals surface area contributed by atoms with Crippen LogP contribution in [-0.4, -0.2) is 23.8 Å². The van der Waals surface area contributed by atoms with Crippen LogP contribution in [0.5, 0.6) is 0 Å². The zero-order chi connectivity index (χ0) is 13.7. The summed E-state index contributed by atoms with van der Waals surface area (Å²) in [5.41, 5.74) is 0.450. The van der Waals surface area contributed by atoms with Gasteiger partial charge in [-0.2, -0.15) is 0 Å². The van der Waals surface area contributed by atoms with Gasteiger partial charge in [0.25, 0.3) is 0 Å². The molecule has 1 aromatic carbocycles. The molecule has 6 heteroatoms. The first-order valence-corrected chi connectivity index (χ1v) is 6.33. The lowest BCUT2D eigenvalue weighted by atomic mass is 10.1. The number of anilines is 1. The first-order chi connectivity index (χ1) is 8.43. The van der Waals surface area contributed by atoms with Crippen molar-refractivity contribution in [3.05, 3.63) is 28.2 Å². The van der Waals surface area contributed by atoms with E-state index in [4.69, 9.17) is 28.3 Å². The average Bonchev–Trinajstić information content (AvgIpc) is 2.32. The van der Waals surface area contributed by atoms with Gasteiger partial charge in [-0.1, -0.05) is 30.1 Å². The van der Waals surface area contributed by atoms with Crippen LogP contribution in [0.15, 0.2) is 18.2 Å². The van der Waals surface area contributed by atoms with Gasteiger partial charge in [-0.15, -0.1) is 0 Å². The van der Waals surface area contributed by atoms with Gasteiger partial charge in [0.2, 0.25) is 0 Å². The second kappa shape index (κ2) is 6.83. The summed E-state index contributed by atoms with van der Waals surface area (Å²) in [4.78, 5) is 11.7. The summed E-state index contributed by atoms with van der Waals surface area (Å²) in [6.07, 6.45) is 0. The SMILES string of the molecule is CC(CO)C(C)NC(=O)Nc1cc(Cl)ccc1Cl. The van der Waals surface area contributed by atoms with Crippen molar-refractivity contribution in [2.75, 3.05) is 11.9 Å². The van der Waals surface area contributed by atoms with E-state index >= 15 is 0 Å². The molecule has 0 aromatic heterocycles. The molecule has 2 atom stereocenters. The number of carbonyl (C=O) groups excluding carboxylic acids is 1. The van der Waals surface area contributed by atoms with E-state index in [9.17, 15) is 4.79 Å². The Hall–Kier alpha value is -0.970. The minimum absolute atomic E-state index is 0.0133. The summed E-state index contributed by atoms with van der Waals surface area (Å²) in [7, 11) is 0. The van der Waals surface area contributed by atoms with Crippen LogP contribution in [0.25, 0.3) is 0 Å². The summed E-state index contributed by atoms with van der Waals surface area (Å²) in [6, 6.07) is 4.30. The number of amides is 2. The van der Waals surface area contributed by atoms with Crippen LogP contribution in [0.1, 0.15) is 13.8 Å². The van der Waals surface area contributed by atoms with Crippen molar-refractivity contribution in [1.82, 2.24) is 5.32 Å². The molecular formula is C12H16Cl2N2O2. The Balaban J connectivity index is 2.62. The van der Waals surface area contributed by atoms with Gasteiger partial charge >= 0.3 is 6.03 Å². The topological polar surface area (TPSA) is 61.4 Å². The van der Waals surface area contributed by atoms with Crippen molar-refractivity contribution in [3.8, 4) is 0 Å². The van der Waals surface area contributed by atoms with E-state index in [1.807, 2.05) is 13.8 Å². The van der Waals surface area contributed by atoms with Crippen molar-refractivity contribution >= 4 is 34.9 Å². The van der Waals surface area contributed by atoms with Crippen molar-refractivity contribution in [1.29, 1.82) is 0 Å². The second-order valence-electron chi connectivity index (χ2n) is 4.17. The molecule has 0 saturated carbocycles. The first kappa shape index (κ1) is 15.1.